The lowest BCUT2D eigenvalue weighted by molar-refractivity contribution is 0.0572. The van der Waals surface area contributed by atoms with E-state index in [1.807, 2.05) is 6.92 Å². The maximum absolute atomic E-state index is 12.5. The minimum absolute atomic E-state index is 0.0646. The average Bonchev–Trinajstić information content (AvgIpc) is 2.77. The highest BCUT2D eigenvalue weighted by molar-refractivity contribution is 7.89. The molecule has 1 aliphatic heterocycles. The van der Waals surface area contributed by atoms with E-state index in [4.69, 9.17) is 0 Å². The van der Waals surface area contributed by atoms with Crippen molar-refractivity contribution in [3.05, 3.63) is 18.3 Å². The molecule has 3 N–H and O–H groups in total. The summed E-state index contributed by atoms with van der Waals surface area (Å²) < 4.78 is 26.1. The molecule has 2 heterocycles. The summed E-state index contributed by atoms with van der Waals surface area (Å²) in [6.07, 6.45) is 0.268. The van der Waals surface area contributed by atoms with Gasteiger partial charge < -0.3 is 15.5 Å². The predicted molar refractivity (Wildman–Crippen MR) is 73.8 cm³/mol. The lowest BCUT2D eigenvalue weighted by Gasteiger charge is -2.18. The van der Waals surface area contributed by atoms with Crippen molar-refractivity contribution in [2.45, 2.75) is 30.4 Å². The number of hydrogen-bond donors (Lipinski definition) is 3. The summed E-state index contributed by atoms with van der Waals surface area (Å²) in [6, 6.07) is 3.02. The molecule has 0 saturated carbocycles. The molecule has 1 fully saturated rings. The van der Waals surface area contributed by atoms with Gasteiger partial charge in [-0.25, -0.2) is 13.4 Å². The Morgan fingerprint density at radius 3 is 2.65 bits per heavy atom. The third kappa shape index (κ3) is 2.93. The number of aliphatic hydroxyl groups excluding tert-OH is 2. The average molecular weight is 301 g/mol. The molecule has 8 heteroatoms. The second kappa shape index (κ2) is 6.04. The molecule has 20 heavy (non-hydrogen) atoms. The Balaban J connectivity index is 2.30. The molecule has 1 aromatic heterocycles. The largest absolute Gasteiger partial charge is 0.389 e. The number of rotatable bonds is 5. The summed E-state index contributed by atoms with van der Waals surface area (Å²) in [7, 11) is -3.78. The van der Waals surface area contributed by atoms with Crippen LogP contribution in [0.25, 0.3) is 0 Å². The molecule has 2 atom stereocenters. The fraction of sp³-hybridized carbons (Fsp3) is 0.583. The lowest BCUT2D eigenvalue weighted by Crippen LogP contribution is -2.30. The Morgan fingerprint density at radius 1 is 1.40 bits per heavy atom. The quantitative estimate of drug-likeness (QED) is 0.686. The number of β-amino-alcohol motifs (C(OH)–C–C–N with tert-alkyl or cyclic N) is 2. The fourth-order valence-electron chi connectivity index (χ4n) is 2.05. The van der Waals surface area contributed by atoms with E-state index in [0.29, 0.717) is 12.4 Å². The van der Waals surface area contributed by atoms with E-state index in [-0.39, 0.29) is 18.0 Å². The second-order valence-corrected chi connectivity index (χ2v) is 6.64. The van der Waals surface area contributed by atoms with Crippen LogP contribution in [0, 0.1) is 0 Å². The third-order valence-electron chi connectivity index (χ3n) is 3.16. The molecule has 0 radical (unpaired) electrons. The summed E-state index contributed by atoms with van der Waals surface area (Å²) in [5, 5.41) is 22.0. The Kier molecular flexibility index (Phi) is 4.59. The van der Waals surface area contributed by atoms with Gasteiger partial charge in [-0.05, 0) is 18.6 Å². The number of aromatic nitrogens is 1. The van der Waals surface area contributed by atoms with Gasteiger partial charge in [0.1, 0.15) is 10.7 Å². The van der Waals surface area contributed by atoms with Crippen LogP contribution in [0.3, 0.4) is 0 Å². The molecule has 112 valence electrons. The molecule has 2 rings (SSSR count). The van der Waals surface area contributed by atoms with E-state index < -0.39 is 22.2 Å². The first-order valence-corrected chi connectivity index (χ1v) is 7.96. The first-order valence-electron chi connectivity index (χ1n) is 6.52. The fourth-order valence-corrected chi connectivity index (χ4v) is 3.64. The van der Waals surface area contributed by atoms with E-state index in [1.165, 1.54) is 12.3 Å². The first-order chi connectivity index (χ1) is 9.46. The highest BCUT2D eigenvalue weighted by Gasteiger charge is 2.38. The molecule has 0 spiro atoms. The lowest BCUT2D eigenvalue weighted by atomic mass is 10.3. The second-order valence-electron chi connectivity index (χ2n) is 4.73. The number of nitrogens with zero attached hydrogens (tertiary/aromatic N) is 2. The summed E-state index contributed by atoms with van der Waals surface area (Å²) in [4.78, 5) is 4.11. The number of anilines is 1. The number of aliphatic hydroxyl groups is 2. The summed E-state index contributed by atoms with van der Waals surface area (Å²) in [6.45, 7) is 2.37. The topological polar surface area (TPSA) is 103 Å². The molecule has 7 nitrogen and oxygen atoms in total. The van der Waals surface area contributed by atoms with Gasteiger partial charge in [-0.1, -0.05) is 6.92 Å². The monoisotopic (exact) mass is 301 g/mol. The molecule has 1 saturated heterocycles. The standard InChI is InChI=1S/C12H19N3O4S/c1-2-5-13-12-11(4-3-6-14-12)20(18,19)15-7-9(16)10(17)8-15/h3-4,6,9-10,16-17H,2,5,7-8H2,1H3,(H,13,14). The molecular weight excluding hydrogens is 282 g/mol. The molecule has 0 bridgehead atoms. The van der Waals surface area contributed by atoms with E-state index in [1.54, 1.807) is 6.07 Å². The van der Waals surface area contributed by atoms with Crippen molar-refractivity contribution in [3.8, 4) is 0 Å². The number of hydrogen-bond acceptors (Lipinski definition) is 6. The summed E-state index contributed by atoms with van der Waals surface area (Å²) >= 11 is 0. The van der Waals surface area contributed by atoms with E-state index in [9.17, 15) is 18.6 Å². The maximum Gasteiger partial charge on any atom is 0.246 e. The molecule has 0 amide bonds. The van der Waals surface area contributed by atoms with Crippen molar-refractivity contribution in [1.82, 2.24) is 9.29 Å². The van der Waals surface area contributed by atoms with Gasteiger partial charge in [0, 0.05) is 25.8 Å². The van der Waals surface area contributed by atoms with Crippen LogP contribution in [-0.2, 0) is 10.0 Å². The molecule has 0 aliphatic carbocycles. The van der Waals surface area contributed by atoms with Crippen molar-refractivity contribution < 1.29 is 18.6 Å². The Morgan fingerprint density at radius 2 is 2.05 bits per heavy atom. The van der Waals surface area contributed by atoms with E-state index in [2.05, 4.69) is 10.3 Å². The molecule has 2 unspecified atom stereocenters. The van der Waals surface area contributed by atoms with Gasteiger partial charge in [-0.2, -0.15) is 4.31 Å². The summed E-state index contributed by atoms with van der Waals surface area (Å²) in [5.74, 6) is 0.297. The van der Waals surface area contributed by atoms with Crippen molar-refractivity contribution >= 4 is 15.8 Å². The Labute approximate surface area is 118 Å². The van der Waals surface area contributed by atoms with Crippen LogP contribution < -0.4 is 5.32 Å². The smallest absolute Gasteiger partial charge is 0.246 e. The molecule has 1 aliphatic rings. The zero-order valence-corrected chi connectivity index (χ0v) is 12.0. The normalized spacial score (nSPS) is 23.9. The Hall–Kier alpha value is -1.22. The zero-order chi connectivity index (χ0) is 14.8. The van der Waals surface area contributed by atoms with Crippen molar-refractivity contribution in [3.63, 3.8) is 0 Å². The van der Waals surface area contributed by atoms with Crippen molar-refractivity contribution in [2.75, 3.05) is 25.0 Å². The van der Waals surface area contributed by atoms with Crippen molar-refractivity contribution in [1.29, 1.82) is 0 Å². The predicted octanol–water partition coefficient (Wildman–Crippen LogP) is -0.370. The molecular formula is C12H19N3O4S. The van der Waals surface area contributed by atoms with Gasteiger partial charge in [0.25, 0.3) is 0 Å². The minimum Gasteiger partial charge on any atom is -0.389 e. The highest BCUT2D eigenvalue weighted by Crippen LogP contribution is 2.25. The van der Waals surface area contributed by atoms with Gasteiger partial charge in [-0.15, -0.1) is 0 Å². The zero-order valence-electron chi connectivity index (χ0n) is 11.2. The van der Waals surface area contributed by atoms with Crippen LogP contribution in [0.4, 0.5) is 5.82 Å². The Bertz CT molecular complexity index is 554. The van der Waals surface area contributed by atoms with E-state index >= 15 is 0 Å². The van der Waals surface area contributed by atoms with Crippen LogP contribution in [0.2, 0.25) is 0 Å². The maximum atomic E-state index is 12.5. The van der Waals surface area contributed by atoms with Gasteiger partial charge in [0.05, 0.1) is 12.2 Å². The highest BCUT2D eigenvalue weighted by atomic mass is 32.2. The third-order valence-corrected chi connectivity index (χ3v) is 5.02. The van der Waals surface area contributed by atoms with Gasteiger partial charge in [-0.3, -0.25) is 0 Å². The minimum atomic E-state index is -3.78. The SMILES string of the molecule is CCCNc1ncccc1S(=O)(=O)N1CC(O)C(O)C1. The van der Waals surface area contributed by atoms with Crippen LogP contribution >= 0.6 is 0 Å². The van der Waals surface area contributed by atoms with Crippen LogP contribution in [0.1, 0.15) is 13.3 Å². The van der Waals surface area contributed by atoms with Crippen LogP contribution in [0.5, 0.6) is 0 Å². The summed E-state index contributed by atoms with van der Waals surface area (Å²) in [5.41, 5.74) is 0. The first kappa shape index (κ1) is 15.2. The van der Waals surface area contributed by atoms with Gasteiger partial charge >= 0.3 is 0 Å². The van der Waals surface area contributed by atoms with Crippen molar-refractivity contribution in [2.24, 2.45) is 0 Å². The molecule has 1 aromatic rings. The van der Waals surface area contributed by atoms with Crippen LogP contribution in [-0.4, -0.2) is 59.8 Å². The number of sulfonamides is 1. The van der Waals surface area contributed by atoms with Crippen LogP contribution in [0.15, 0.2) is 23.2 Å². The number of pyridine rings is 1. The van der Waals surface area contributed by atoms with Gasteiger partial charge in [0.2, 0.25) is 10.0 Å². The number of nitrogens with one attached hydrogen (secondary N) is 1. The van der Waals surface area contributed by atoms with E-state index in [0.717, 1.165) is 10.7 Å². The van der Waals surface area contributed by atoms with Gasteiger partial charge in [0.15, 0.2) is 0 Å². The molecule has 0 aromatic carbocycles.